The summed E-state index contributed by atoms with van der Waals surface area (Å²) in [4.78, 5) is 0. The Kier molecular flexibility index (Phi) is 9.37. The van der Waals surface area contributed by atoms with Crippen LogP contribution in [0.25, 0.3) is 0 Å². The van der Waals surface area contributed by atoms with Gasteiger partial charge in [-0.15, -0.1) is 0 Å². The fourth-order valence-electron chi connectivity index (χ4n) is 4.24. The summed E-state index contributed by atoms with van der Waals surface area (Å²) in [6, 6.07) is 30.4. The molecule has 0 bridgehead atoms. The lowest BCUT2D eigenvalue weighted by Crippen LogP contribution is -2.48. The molecular formula is C31H34O6. The fraction of sp³-hybridized carbons (Fsp3) is 0.355. The van der Waals surface area contributed by atoms with Gasteiger partial charge >= 0.3 is 0 Å². The fourth-order valence-corrected chi connectivity index (χ4v) is 4.24. The molecule has 5 rings (SSSR count). The molecule has 37 heavy (non-hydrogen) atoms. The maximum absolute atomic E-state index is 6.51. The summed E-state index contributed by atoms with van der Waals surface area (Å²) in [5.41, 5.74) is 4.21. The Bertz CT molecular complexity index is 1080. The zero-order valence-corrected chi connectivity index (χ0v) is 20.9. The number of rotatable bonds is 14. The van der Waals surface area contributed by atoms with E-state index in [4.69, 9.17) is 28.4 Å². The van der Waals surface area contributed by atoms with E-state index in [0.29, 0.717) is 39.6 Å². The van der Waals surface area contributed by atoms with Crippen LogP contribution < -0.4 is 0 Å². The predicted octanol–water partition coefficient (Wildman–Crippen LogP) is 5.07. The van der Waals surface area contributed by atoms with E-state index in [0.717, 1.165) is 28.9 Å². The summed E-state index contributed by atoms with van der Waals surface area (Å²) in [5, 5.41) is 0. The molecule has 4 atom stereocenters. The Morgan fingerprint density at radius 3 is 1.76 bits per heavy atom. The Morgan fingerprint density at radius 2 is 1.16 bits per heavy atom. The molecule has 2 aliphatic rings. The van der Waals surface area contributed by atoms with Crippen molar-refractivity contribution in [2.75, 3.05) is 26.4 Å². The van der Waals surface area contributed by atoms with Crippen molar-refractivity contribution in [1.82, 2.24) is 0 Å². The van der Waals surface area contributed by atoms with Gasteiger partial charge in [0, 0.05) is 5.57 Å². The molecule has 0 amide bonds. The Hall–Kier alpha value is -3.00. The molecule has 2 heterocycles. The molecule has 0 aliphatic carbocycles. The predicted molar refractivity (Wildman–Crippen MR) is 140 cm³/mol. The molecule has 0 N–H and O–H groups in total. The van der Waals surface area contributed by atoms with Crippen LogP contribution in [-0.4, -0.2) is 50.8 Å². The third-order valence-electron chi connectivity index (χ3n) is 6.35. The molecular weight excluding hydrogens is 468 g/mol. The Labute approximate surface area is 218 Å². The lowest BCUT2D eigenvalue weighted by molar-refractivity contribution is -0.154. The average Bonchev–Trinajstić information content (AvgIpc) is 3.78. The second-order valence-electron chi connectivity index (χ2n) is 9.32. The van der Waals surface area contributed by atoms with E-state index in [9.17, 15) is 0 Å². The summed E-state index contributed by atoms with van der Waals surface area (Å²) in [7, 11) is 0. The average molecular weight is 503 g/mol. The molecule has 1 fully saturated rings. The number of epoxide rings is 1. The van der Waals surface area contributed by atoms with Gasteiger partial charge in [-0.3, -0.25) is 0 Å². The highest BCUT2D eigenvalue weighted by atomic mass is 16.6. The molecule has 2 aliphatic heterocycles. The SMILES string of the molecule is C1=C(COCC2CO2)[C@@H](OCc2ccccc2)[C@@H](OCc2ccccc2)[C@@H](COCc2ccccc2)O1. The summed E-state index contributed by atoms with van der Waals surface area (Å²) < 4.78 is 36.5. The molecule has 6 nitrogen and oxygen atoms in total. The number of ether oxygens (including phenoxy) is 6. The first kappa shape index (κ1) is 25.6. The number of benzene rings is 3. The molecule has 1 unspecified atom stereocenters. The van der Waals surface area contributed by atoms with Crippen LogP contribution in [0.3, 0.4) is 0 Å². The van der Waals surface area contributed by atoms with Gasteiger partial charge in [0.15, 0.2) is 0 Å². The second kappa shape index (κ2) is 13.5. The van der Waals surface area contributed by atoms with E-state index in [-0.39, 0.29) is 24.4 Å². The van der Waals surface area contributed by atoms with Crippen LogP contribution in [0, 0.1) is 0 Å². The van der Waals surface area contributed by atoms with E-state index >= 15 is 0 Å². The Balaban J connectivity index is 1.30. The standard InChI is InChI=1S/C31H34O6/c1-4-10-24(11-5-1)16-32-23-29-31(37-18-26-14-8-3-9-15-26)30(36-17-25-12-6-2-7-13-25)27(20-35-29)19-33-21-28-22-34-28/h1-15,20,28-31H,16-19,21-23H2/t28?,29-,30-,31+/m1/s1. The van der Waals surface area contributed by atoms with Gasteiger partial charge < -0.3 is 28.4 Å². The largest absolute Gasteiger partial charge is 0.493 e. The minimum absolute atomic E-state index is 0.193. The highest BCUT2D eigenvalue weighted by Crippen LogP contribution is 2.28. The maximum atomic E-state index is 6.51. The van der Waals surface area contributed by atoms with Crippen molar-refractivity contribution in [3.8, 4) is 0 Å². The van der Waals surface area contributed by atoms with Crippen LogP contribution >= 0.6 is 0 Å². The first-order valence-corrected chi connectivity index (χ1v) is 12.8. The number of hydrogen-bond acceptors (Lipinski definition) is 6. The molecule has 3 aromatic rings. The highest BCUT2D eigenvalue weighted by Gasteiger charge is 2.39. The van der Waals surface area contributed by atoms with E-state index in [2.05, 4.69) is 36.4 Å². The van der Waals surface area contributed by atoms with Crippen molar-refractivity contribution < 1.29 is 28.4 Å². The van der Waals surface area contributed by atoms with Crippen LogP contribution in [0.5, 0.6) is 0 Å². The molecule has 0 saturated carbocycles. The minimum Gasteiger partial charge on any atom is -0.493 e. The molecule has 194 valence electrons. The highest BCUT2D eigenvalue weighted by molar-refractivity contribution is 5.18. The normalized spacial score (nSPS) is 22.8. The monoisotopic (exact) mass is 502 g/mol. The summed E-state index contributed by atoms with van der Waals surface area (Å²) >= 11 is 0. The van der Waals surface area contributed by atoms with Gasteiger partial charge in [0.2, 0.25) is 0 Å². The number of hydrogen-bond donors (Lipinski definition) is 0. The van der Waals surface area contributed by atoms with Crippen molar-refractivity contribution in [1.29, 1.82) is 0 Å². The topological polar surface area (TPSA) is 58.7 Å². The molecule has 6 heteroatoms. The van der Waals surface area contributed by atoms with Crippen LogP contribution in [0.2, 0.25) is 0 Å². The van der Waals surface area contributed by atoms with Gasteiger partial charge in [0.05, 0.1) is 52.5 Å². The summed E-state index contributed by atoms with van der Waals surface area (Å²) in [6.45, 7) is 3.48. The summed E-state index contributed by atoms with van der Waals surface area (Å²) in [5.74, 6) is 0. The third-order valence-corrected chi connectivity index (χ3v) is 6.35. The van der Waals surface area contributed by atoms with E-state index in [1.165, 1.54) is 0 Å². The van der Waals surface area contributed by atoms with Crippen molar-refractivity contribution >= 4 is 0 Å². The first-order chi connectivity index (χ1) is 18.3. The second-order valence-corrected chi connectivity index (χ2v) is 9.32. The van der Waals surface area contributed by atoms with Crippen LogP contribution in [0.1, 0.15) is 16.7 Å². The van der Waals surface area contributed by atoms with Gasteiger partial charge in [-0.05, 0) is 16.7 Å². The summed E-state index contributed by atoms with van der Waals surface area (Å²) in [6.07, 6.45) is 0.910. The van der Waals surface area contributed by atoms with E-state index < -0.39 is 0 Å². The van der Waals surface area contributed by atoms with Gasteiger partial charge in [-0.25, -0.2) is 0 Å². The zero-order valence-electron chi connectivity index (χ0n) is 20.9. The molecule has 0 radical (unpaired) electrons. The lowest BCUT2D eigenvalue weighted by atomic mass is 9.98. The van der Waals surface area contributed by atoms with Crippen LogP contribution in [-0.2, 0) is 48.2 Å². The van der Waals surface area contributed by atoms with Crippen molar-refractivity contribution in [2.45, 2.75) is 44.2 Å². The van der Waals surface area contributed by atoms with Gasteiger partial charge in [0.1, 0.15) is 24.4 Å². The lowest BCUT2D eigenvalue weighted by Gasteiger charge is -2.38. The molecule has 1 saturated heterocycles. The van der Waals surface area contributed by atoms with Crippen LogP contribution in [0.15, 0.2) is 103 Å². The van der Waals surface area contributed by atoms with E-state index in [1.807, 2.05) is 54.6 Å². The van der Waals surface area contributed by atoms with Crippen molar-refractivity contribution in [2.24, 2.45) is 0 Å². The minimum atomic E-state index is -0.375. The van der Waals surface area contributed by atoms with Gasteiger partial charge in [0.25, 0.3) is 0 Å². The molecule has 3 aromatic carbocycles. The van der Waals surface area contributed by atoms with Crippen molar-refractivity contribution in [3.05, 3.63) is 120 Å². The van der Waals surface area contributed by atoms with Gasteiger partial charge in [-0.2, -0.15) is 0 Å². The van der Waals surface area contributed by atoms with Crippen molar-refractivity contribution in [3.63, 3.8) is 0 Å². The first-order valence-electron chi connectivity index (χ1n) is 12.8. The van der Waals surface area contributed by atoms with E-state index in [1.54, 1.807) is 6.26 Å². The zero-order chi connectivity index (χ0) is 25.1. The van der Waals surface area contributed by atoms with Crippen LogP contribution in [0.4, 0.5) is 0 Å². The third kappa shape index (κ3) is 7.99. The molecule has 0 aromatic heterocycles. The maximum Gasteiger partial charge on any atom is 0.150 e. The molecule has 0 spiro atoms. The quantitative estimate of drug-likeness (QED) is 0.287. The van der Waals surface area contributed by atoms with Gasteiger partial charge in [-0.1, -0.05) is 91.0 Å². The smallest absolute Gasteiger partial charge is 0.150 e. The Morgan fingerprint density at radius 1 is 0.622 bits per heavy atom.